The van der Waals surface area contributed by atoms with Crippen LogP contribution in [0.1, 0.15) is 24.2 Å². The molecule has 2 heterocycles. The van der Waals surface area contributed by atoms with Gasteiger partial charge in [0.15, 0.2) is 0 Å². The fourth-order valence-electron chi connectivity index (χ4n) is 3.60. The summed E-state index contributed by atoms with van der Waals surface area (Å²) < 4.78 is 13.4. The van der Waals surface area contributed by atoms with E-state index in [0.29, 0.717) is 11.5 Å². The van der Waals surface area contributed by atoms with Crippen LogP contribution in [0.15, 0.2) is 54.7 Å². The SMILES string of the molecule is N#Cc1ccc(-c2nc(CC[C@H]3CCNC3)ncc2-c2ccc(F)cc2)cc1. The molecule has 0 aliphatic carbocycles. The van der Waals surface area contributed by atoms with Crippen molar-refractivity contribution >= 4 is 0 Å². The van der Waals surface area contributed by atoms with Gasteiger partial charge in [0.25, 0.3) is 0 Å². The number of hydrogen-bond acceptors (Lipinski definition) is 4. The Morgan fingerprint density at radius 1 is 1.07 bits per heavy atom. The van der Waals surface area contributed by atoms with Gasteiger partial charge in [0.1, 0.15) is 11.6 Å². The van der Waals surface area contributed by atoms with Gasteiger partial charge in [-0.15, -0.1) is 0 Å². The first-order chi connectivity index (χ1) is 13.7. The zero-order chi connectivity index (χ0) is 19.3. The van der Waals surface area contributed by atoms with Gasteiger partial charge in [-0.1, -0.05) is 24.3 Å². The summed E-state index contributed by atoms with van der Waals surface area (Å²) in [6.07, 6.45) is 4.93. The normalized spacial score (nSPS) is 16.1. The largest absolute Gasteiger partial charge is 0.316 e. The van der Waals surface area contributed by atoms with Crippen molar-refractivity contribution in [2.45, 2.75) is 19.3 Å². The Bertz CT molecular complexity index is 985. The zero-order valence-corrected chi connectivity index (χ0v) is 15.5. The zero-order valence-electron chi connectivity index (χ0n) is 15.5. The molecule has 140 valence electrons. The highest BCUT2D eigenvalue weighted by molar-refractivity contribution is 5.80. The van der Waals surface area contributed by atoms with E-state index in [-0.39, 0.29) is 5.82 Å². The maximum absolute atomic E-state index is 13.4. The van der Waals surface area contributed by atoms with E-state index in [1.807, 2.05) is 18.3 Å². The highest BCUT2D eigenvalue weighted by Crippen LogP contribution is 2.31. The highest BCUT2D eigenvalue weighted by atomic mass is 19.1. The second-order valence-electron chi connectivity index (χ2n) is 7.14. The van der Waals surface area contributed by atoms with E-state index in [9.17, 15) is 4.39 Å². The average molecular weight is 372 g/mol. The first-order valence-electron chi connectivity index (χ1n) is 9.56. The van der Waals surface area contributed by atoms with Crippen molar-refractivity contribution in [3.05, 3.63) is 71.9 Å². The molecule has 3 aromatic rings. The lowest BCUT2D eigenvalue weighted by Crippen LogP contribution is -2.10. The van der Waals surface area contributed by atoms with Crippen molar-refractivity contribution in [2.75, 3.05) is 13.1 Å². The smallest absolute Gasteiger partial charge is 0.129 e. The molecule has 0 bridgehead atoms. The average Bonchev–Trinajstić information content (AvgIpc) is 3.27. The fraction of sp³-hybridized carbons (Fsp3) is 0.261. The molecule has 1 aromatic heterocycles. The van der Waals surface area contributed by atoms with Gasteiger partial charge in [0, 0.05) is 23.7 Å². The predicted octanol–water partition coefficient (Wildman–Crippen LogP) is 4.36. The van der Waals surface area contributed by atoms with E-state index < -0.39 is 0 Å². The van der Waals surface area contributed by atoms with Crippen LogP contribution in [-0.2, 0) is 6.42 Å². The van der Waals surface area contributed by atoms with Crippen molar-refractivity contribution in [3.8, 4) is 28.5 Å². The number of rotatable bonds is 5. The molecule has 0 amide bonds. The maximum Gasteiger partial charge on any atom is 0.129 e. The van der Waals surface area contributed by atoms with Gasteiger partial charge < -0.3 is 5.32 Å². The molecule has 1 aliphatic heterocycles. The summed E-state index contributed by atoms with van der Waals surface area (Å²) in [6.45, 7) is 2.15. The first-order valence-corrected chi connectivity index (χ1v) is 9.56. The van der Waals surface area contributed by atoms with Crippen molar-refractivity contribution in [2.24, 2.45) is 5.92 Å². The van der Waals surface area contributed by atoms with Crippen molar-refractivity contribution < 1.29 is 4.39 Å². The third-order valence-electron chi connectivity index (χ3n) is 5.22. The Kier molecular flexibility index (Phi) is 5.41. The summed E-state index contributed by atoms with van der Waals surface area (Å²) in [5, 5.41) is 12.5. The minimum Gasteiger partial charge on any atom is -0.316 e. The number of aryl methyl sites for hydroxylation is 1. The molecule has 2 aromatic carbocycles. The van der Waals surface area contributed by atoms with Crippen LogP contribution in [0.25, 0.3) is 22.4 Å². The second kappa shape index (κ2) is 8.28. The van der Waals surface area contributed by atoms with Gasteiger partial charge in [-0.25, -0.2) is 14.4 Å². The molecule has 1 fully saturated rings. The topological polar surface area (TPSA) is 61.6 Å². The van der Waals surface area contributed by atoms with E-state index in [1.54, 1.807) is 24.3 Å². The summed E-state index contributed by atoms with van der Waals surface area (Å²) in [6, 6.07) is 15.9. The molecule has 4 rings (SSSR count). The third-order valence-corrected chi connectivity index (χ3v) is 5.22. The maximum atomic E-state index is 13.4. The summed E-state index contributed by atoms with van der Waals surface area (Å²) in [4.78, 5) is 9.43. The quantitative estimate of drug-likeness (QED) is 0.723. The van der Waals surface area contributed by atoms with E-state index in [2.05, 4.69) is 16.4 Å². The molecular weight excluding hydrogens is 351 g/mol. The molecule has 28 heavy (non-hydrogen) atoms. The molecule has 4 nitrogen and oxygen atoms in total. The summed E-state index contributed by atoms with van der Waals surface area (Å²) >= 11 is 0. The standard InChI is InChI=1S/C23H21FN4/c24-20-8-6-18(7-9-20)21-15-27-22(10-3-17-11-12-26-14-17)28-23(21)19-4-1-16(13-25)2-5-19/h1-2,4-9,15,17,26H,3,10-12,14H2/t17-/m0/s1. The van der Waals surface area contributed by atoms with Crippen molar-refractivity contribution in [1.82, 2.24) is 15.3 Å². The molecular formula is C23H21FN4. The van der Waals surface area contributed by atoms with E-state index in [1.165, 1.54) is 18.6 Å². The molecule has 1 saturated heterocycles. The van der Waals surface area contributed by atoms with Crippen LogP contribution in [0.2, 0.25) is 0 Å². The van der Waals surface area contributed by atoms with Crippen LogP contribution in [0, 0.1) is 23.1 Å². The van der Waals surface area contributed by atoms with Gasteiger partial charge in [-0.2, -0.15) is 5.26 Å². The van der Waals surface area contributed by atoms with Gasteiger partial charge in [-0.05, 0) is 61.7 Å². The van der Waals surface area contributed by atoms with Crippen LogP contribution >= 0.6 is 0 Å². The van der Waals surface area contributed by atoms with Gasteiger partial charge in [-0.3, -0.25) is 0 Å². The van der Waals surface area contributed by atoms with Crippen molar-refractivity contribution in [3.63, 3.8) is 0 Å². The minimum atomic E-state index is -0.272. The predicted molar refractivity (Wildman–Crippen MR) is 107 cm³/mol. The minimum absolute atomic E-state index is 0.272. The van der Waals surface area contributed by atoms with Crippen LogP contribution in [-0.4, -0.2) is 23.1 Å². The van der Waals surface area contributed by atoms with Crippen molar-refractivity contribution in [1.29, 1.82) is 5.26 Å². The van der Waals surface area contributed by atoms with E-state index in [0.717, 1.165) is 54.1 Å². The summed E-state index contributed by atoms with van der Waals surface area (Å²) in [5.41, 5.74) is 4.06. The summed E-state index contributed by atoms with van der Waals surface area (Å²) in [5.74, 6) is 1.22. The molecule has 0 unspecified atom stereocenters. The number of aromatic nitrogens is 2. The Labute approximate surface area is 164 Å². The lowest BCUT2D eigenvalue weighted by atomic mass is 9.99. The molecule has 0 radical (unpaired) electrons. The fourth-order valence-corrected chi connectivity index (χ4v) is 3.60. The van der Waals surface area contributed by atoms with E-state index >= 15 is 0 Å². The molecule has 1 N–H and O–H groups in total. The first kappa shape index (κ1) is 18.3. The number of nitrogens with one attached hydrogen (secondary N) is 1. The van der Waals surface area contributed by atoms with E-state index in [4.69, 9.17) is 10.2 Å². The number of nitrogens with zero attached hydrogens (tertiary/aromatic N) is 3. The number of hydrogen-bond donors (Lipinski definition) is 1. The molecule has 0 spiro atoms. The molecule has 0 saturated carbocycles. The molecule has 5 heteroatoms. The highest BCUT2D eigenvalue weighted by Gasteiger charge is 2.16. The lowest BCUT2D eigenvalue weighted by molar-refractivity contribution is 0.525. The summed E-state index contributed by atoms with van der Waals surface area (Å²) in [7, 11) is 0. The Morgan fingerprint density at radius 3 is 2.50 bits per heavy atom. The van der Waals surface area contributed by atoms with Crippen LogP contribution in [0.4, 0.5) is 4.39 Å². The Hall–Kier alpha value is -3.10. The Morgan fingerprint density at radius 2 is 1.82 bits per heavy atom. The lowest BCUT2D eigenvalue weighted by Gasteiger charge is -2.12. The van der Waals surface area contributed by atoms with Gasteiger partial charge in [0.2, 0.25) is 0 Å². The Balaban J connectivity index is 1.69. The van der Waals surface area contributed by atoms with Gasteiger partial charge >= 0.3 is 0 Å². The van der Waals surface area contributed by atoms with Crippen LogP contribution < -0.4 is 5.32 Å². The molecule has 1 atom stereocenters. The van der Waals surface area contributed by atoms with Gasteiger partial charge in [0.05, 0.1) is 17.3 Å². The second-order valence-corrected chi connectivity index (χ2v) is 7.14. The monoisotopic (exact) mass is 372 g/mol. The van der Waals surface area contributed by atoms with Crippen LogP contribution in [0.5, 0.6) is 0 Å². The number of nitriles is 1. The molecule has 1 aliphatic rings. The van der Waals surface area contributed by atoms with Crippen LogP contribution in [0.3, 0.4) is 0 Å². The third kappa shape index (κ3) is 4.08. The number of benzene rings is 2. The number of halogens is 1.